The van der Waals surface area contributed by atoms with E-state index >= 15 is 0 Å². The summed E-state index contributed by atoms with van der Waals surface area (Å²) in [5.74, 6) is 0.894. The van der Waals surface area contributed by atoms with Crippen LogP contribution in [0.15, 0.2) is 17.5 Å². The van der Waals surface area contributed by atoms with E-state index in [0.717, 1.165) is 5.92 Å². The van der Waals surface area contributed by atoms with E-state index in [4.69, 9.17) is 0 Å². The Balaban J connectivity index is 1.90. The second kappa shape index (κ2) is 5.64. The van der Waals surface area contributed by atoms with Gasteiger partial charge in [-0.25, -0.2) is 0 Å². The van der Waals surface area contributed by atoms with Gasteiger partial charge in [0, 0.05) is 10.9 Å². The Labute approximate surface area is 96.1 Å². The van der Waals surface area contributed by atoms with Crippen LogP contribution < -0.4 is 10.6 Å². The first-order chi connectivity index (χ1) is 7.40. The lowest BCUT2D eigenvalue weighted by Gasteiger charge is -2.26. The van der Waals surface area contributed by atoms with Gasteiger partial charge in [-0.1, -0.05) is 6.07 Å². The van der Waals surface area contributed by atoms with Crippen molar-refractivity contribution in [1.82, 2.24) is 10.6 Å². The third-order valence-electron chi connectivity index (χ3n) is 3.26. The van der Waals surface area contributed by atoms with Gasteiger partial charge in [-0.2, -0.15) is 0 Å². The summed E-state index contributed by atoms with van der Waals surface area (Å²) in [5, 5.41) is 9.03. The van der Waals surface area contributed by atoms with Crippen LogP contribution in [0.3, 0.4) is 0 Å². The summed E-state index contributed by atoms with van der Waals surface area (Å²) in [6.07, 6.45) is 3.96. The molecule has 0 aliphatic carbocycles. The molecule has 2 rings (SSSR count). The molecule has 3 heteroatoms. The molecule has 1 aromatic rings. The minimum Gasteiger partial charge on any atom is -0.317 e. The lowest BCUT2D eigenvalue weighted by atomic mass is 9.90. The normalized spacial score (nSPS) is 20.3. The van der Waals surface area contributed by atoms with E-state index in [1.807, 2.05) is 11.3 Å². The largest absolute Gasteiger partial charge is 0.317 e. The number of hydrogen-bond acceptors (Lipinski definition) is 3. The summed E-state index contributed by atoms with van der Waals surface area (Å²) in [6.45, 7) is 2.40. The number of nitrogens with one attached hydrogen (secondary N) is 2. The second-order valence-electron chi connectivity index (χ2n) is 4.29. The molecule has 84 valence electrons. The quantitative estimate of drug-likeness (QED) is 0.820. The first-order valence-corrected chi connectivity index (χ1v) is 6.69. The zero-order valence-electron chi connectivity index (χ0n) is 9.33. The molecule has 0 amide bonds. The Kier molecular flexibility index (Phi) is 4.18. The number of hydrogen-bond donors (Lipinski definition) is 2. The zero-order chi connectivity index (χ0) is 10.5. The van der Waals surface area contributed by atoms with Crippen molar-refractivity contribution in [2.24, 2.45) is 5.92 Å². The number of rotatable bonds is 4. The van der Waals surface area contributed by atoms with E-state index < -0.39 is 0 Å². The molecule has 1 aliphatic heterocycles. The van der Waals surface area contributed by atoms with Crippen LogP contribution in [0.1, 0.15) is 30.2 Å². The average Bonchev–Trinajstić information content (AvgIpc) is 2.81. The van der Waals surface area contributed by atoms with Crippen molar-refractivity contribution in [2.75, 3.05) is 20.1 Å². The van der Waals surface area contributed by atoms with E-state index in [9.17, 15) is 0 Å². The summed E-state index contributed by atoms with van der Waals surface area (Å²) in [5.41, 5.74) is 0. The molecule has 0 aromatic carbocycles. The predicted octanol–water partition coefficient (Wildman–Crippen LogP) is 2.40. The third-order valence-corrected chi connectivity index (χ3v) is 4.25. The highest BCUT2D eigenvalue weighted by Crippen LogP contribution is 2.28. The van der Waals surface area contributed by atoms with Gasteiger partial charge >= 0.3 is 0 Å². The first kappa shape index (κ1) is 11.1. The highest BCUT2D eigenvalue weighted by molar-refractivity contribution is 7.10. The molecule has 1 unspecified atom stereocenters. The molecule has 0 saturated carbocycles. The Bertz CT molecular complexity index is 265. The zero-order valence-corrected chi connectivity index (χ0v) is 10.1. The molecular formula is C12H20N2S. The Hall–Kier alpha value is -0.380. The van der Waals surface area contributed by atoms with Crippen molar-refractivity contribution in [2.45, 2.75) is 25.3 Å². The van der Waals surface area contributed by atoms with Gasteiger partial charge in [0.15, 0.2) is 0 Å². The molecule has 2 nitrogen and oxygen atoms in total. The standard InChI is InChI=1S/C12H20N2S/c1-13-11(12-3-2-8-15-12)9-10-4-6-14-7-5-10/h2-3,8,10-11,13-14H,4-7,9H2,1H3. The molecular weight excluding hydrogens is 204 g/mol. The van der Waals surface area contributed by atoms with Gasteiger partial charge in [0.1, 0.15) is 0 Å². The van der Waals surface area contributed by atoms with Crippen molar-refractivity contribution >= 4 is 11.3 Å². The Morgan fingerprint density at radius 2 is 2.33 bits per heavy atom. The van der Waals surface area contributed by atoms with Crippen LogP contribution in [0.25, 0.3) is 0 Å². The van der Waals surface area contributed by atoms with E-state index in [1.165, 1.54) is 37.2 Å². The van der Waals surface area contributed by atoms with Gasteiger partial charge in [-0.05, 0) is 56.8 Å². The van der Waals surface area contributed by atoms with Crippen molar-refractivity contribution in [1.29, 1.82) is 0 Å². The molecule has 1 fully saturated rings. The molecule has 1 atom stereocenters. The Morgan fingerprint density at radius 3 is 2.93 bits per heavy atom. The fourth-order valence-corrected chi connectivity index (χ4v) is 3.17. The molecule has 0 spiro atoms. The van der Waals surface area contributed by atoms with Crippen LogP contribution in [0.4, 0.5) is 0 Å². The topological polar surface area (TPSA) is 24.1 Å². The molecule has 1 saturated heterocycles. The maximum absolute atomic E-state index is 3.44. The van der Waals surface area contributed by atoms with Crippen molar-refractivity contribution in [3.63, 3.8) is 0 Å². The molecule has 0 bridgehead atoms. The number of piperidine rings is 1. The summed E-state index contributed by atoms with van der Waals surface area (Å²) in [4.78, 5) is 1.48. The predicted molar refractivity (Wildman–Crippen MR) is 66.3 cm³/mol. The summed E-state index contributed by atoms with van der Waals surface area (Å²) in [6, 6.07) is 4.95. The van der Waals surface area contributed by atoms with Gasteiger partial charge in [0.2, 0.25) is 0 Å². The highest BCUT2D eigenvalue weighted by Gasteiger charge is 2.19. The lowest BCUT2D eigenvalue weighted by Crippen LogP contribution is -2.30. The van der Waals surface area contributed by atoms with E-state index in [2.05, 4.69) is 35.2 Å². The van der Waals surface area contributed by atoms with Gasteiger partial charge in [0.25, 0.3) is 0 Å². The summed E-state index contributed by atoms with van der Waals surface area (Å²) < 4.78 is 0. The number of thiophene rings is 1. The molecule has 1 aromatic heterocycles. The van der Waals surface area contributed by atoms with Gasteiger partial charge in [-0.3, -0.25) is 0 Å². The fourth-order valence-electron chi connectivity index (χ4n) is 2.32. The van der Waals surface area contributed by atoms with Gasteiger partial charge in [-0.15, -0.1) is 11.3 Å². The molecule has 1 aliphatic rings. The SMILES string of the molecule is CNC(CC1CCNCC1)c1cccs1. The fraction of sp³-hybridized carbons (Fsp3) is 0.667. The van der Waals surface area contributed by atoms with Crippen LogP contribution >= 0.6 is 11.3 Å². The molecule has 2 N–H and O–H groups in total. The Morgan fingerprint density at radius 1 is 1.53 bits per heavy atom. The first-order valence-electron chi connectivity index (χ1n) is 5.81. The molecule has 2 heterocycles. The maximum atomic E-state index is 3.44. The van der Waals surface area contributed by atoms with Crippen LogP contribution in [0.5, 0.6) is 0 Å². The van der Waals surface area contributed by atoms with E-state index in [1.54, 1.807) is 0 Å². The van der Waals surface area contributed by atoms with Gasteiger partial charge in [0.05, 0.1) is 0 Å². The van der Waals surface area contributed by atoms with E-state index in [-0.39, 0.29) is 0 Å². The van der Waals surface area contributed by atoms with Gasteiger partial charge < -0.3 is 10.6 Å². The minimum absolute atomic E-state index is 0.563. The van der Waals surface area contributed by atoms with Crippen LogP contribution in [-0.2, 0) is 0 Å². The lowest BCUT2D eigenvalue weighted by molar-refractivity contribution is 0.320. The highest BCUT2D eigenvalue weighted by atomic mass is 32.1. The third kappa shape index (κ3) is 3.03. The molecule has 15 heavy (non-hydrogen) atoms. The van der Waals surface area contributed by atoms with Crippen molar-refractivity contribution < 1.29 is 0 Å². The van der Waals surface area contributed by atoms with Crippen molar-refractivity contribution in [3.8, 4) is 0 Å². The van der Waals surface area contributed by atoms with Crippen LogP contribution in [0.2, 0.25) is 0 Å². The maximum Gasteiger partial charge on any atom is 0.0415 e. The second-order valence-corrected chi connectivity index (χ2v) is 5.27. The summed E-state index contributed by atoms with van der Waals surface area (Å²) in [7, 11) is 2.07. The van der Waals surface area contributed by atoms with E-state index in [0.29, 0.717) is 6.04 Å². The monoisotopic (exact) mass is 224 g/mol. The van der Waals surface area contributed by atoms with Crippen LogP contribution in [0, 0.1) is 5.92 Å². The minimum atomic E-state index is 0.563. The molecule has 0 radical (unpaired) electrons. The smallest absolute Gasteiger partial charge is 0.0415 e. The van der Waals surface area contributed by atoms with Crippen LogP contribution in [-0.4, -0.2) is 20.1 Å². The van der Waals surface area contributed by atoms with Crippen molar-refractivity contribution in [3.05, 3.63) is 22.4 Å². The average molecular weight is 224 g/mol. The summed E-state index contributed by atoms with van der Waals surface area (Å²) >= 11 is 1.87.